The van der Waals surface area contributed by atoms with Crippen LogP contribution in [0.1, 0.15) is 35.4 Å². The maximum Gasteiger partial charge on any atom is 0.488 e. The predicted octanol–water partition coefficient (Wildman–Crippen LogP) is 0.816. The van der Waals surface area contributed by atoms with E-state index >= 15 is 0 Å². The fourth-order valence-electron chi connectivity index (χ4n) is 4.51. The zero-order valence-electron chi connectivity index (χ0n) is 16.6. The van der Waals surface area contributed by atoms with Crippen molar-refractivity contribution < 1.29 is 14.8 Å². The fourth-order valence-corrected chi connectivity index (χ4v) is 4.51. The molecule has 2 heterocycles. The van der Waals surface area contributed by atoms with Crippen molar-refractivity contribution in [2.24, 2.45) is 11.7 Å². The summed E-state index contributed by atoms with van der Waals surface area (Å²) in [5, 5.41) is 22.0. The second kappa shape index (κ2) is 8.57. The van der Waals surface area contributed by atoms with Crippen LogP contribution < -0.4 is 16.5 Å². The van der Waals surface area contributed by atoms with Crippen molar-refractivity contribution in [3.8, 4) is 0 Å². The lowest BCUT2D eigenvalue weighted by Crippen LogP contribution is -2.45. The maximum atomic E-state index is 13.1. The Hall–Kier alpha value is -2.35. The van der Waals surface area contributed by atoms with Gasteiger partial charge in [0.05, 0.1) is 5.92 Å². The van der Waals surface area contributed by atoms with Crippen molar-refractivity contribution in [1.82, 2.24) is 4.90 Å². The van der Waals surface area contributed by atoms with Crippen LogP contribution in [0, 0.1) is 5.92 Å². The van der Waals surface area contributed by atoms with E-state index in [-0.39, 0.29) is 11.8 Å². The Labute approximate surface area is 171 Å². The van der Waals surface area contributed by atoms with Gasteiger partial charge >= 0.3 is 7.12 Å². The molecule has 1 atom stereocenters. The number of anilines is 1. The molecule has 2 aromatic rings. The third kappa shape index (κ3) is 4.32. The van der Waals surface area contributed by atoms with E-state index in [4.69, 9.17) is 5.73 Å². The summed E-state index contributed by atoms with van der Waals surface area (Å²) in [6, 6.07) is 13.8. The predicted molar refractivity (Wildman–Crippen MR) is 115 cm³/mol. The minimum absolute atomic E-state index is 0.0791. The zero-order valence-corrected chi connectivity index (χ0v) is 16.6. The number of nitrogens with two attached hydrogens (primary N) is 1. The Kier molecular flexibility index (Phi) is 5.90. The number of nitrogens with one attached hydrogen (secondary N) is 1. The van der Waals surface area contributed by atoms with Crippen molar-refractivity contribution in [3.05, 3.63) is 59.2 Å². The summed E-state index contributed by atoms with van der Waals surface area (Å²) < 4.78 is 0. The first-order valence-electron chi connectivity index (χ1n) is 10.4. The van der Waals surface area contributed by atoms with Gasteiger partial charge in [-0.25, -0.2) is 0 Å². The van der Waals surface area contributed by atoms with Crippen LogP contribution in [0.25, 0.3) is 0 Å². The van der Waals surface area contributed by atoms with E-state index in [2.05, 4.69) is 29.6 Å². The summed E-state index contributed by atoms with van der Waals surface area (Å²) in [6.45, 7) is 2.71. The van der Waals surface area contributed by atoms with Crippen LogP contribution in [0.2, 0.25) is 0 Å². The molecular formula is C22H28BN3O3. The van der Waals surface area contributed by atoms with Gasteiger partial charge in [-0.1, -0.05) is 36.4 Å². The van der Waals surface area contributed by atoms with Gasteiger partial charge in [-0.3, -0.25) is 4.79 Å². The molecule has 1 amide bonds. The third-order valence-corrected chi connectivity index (χ3v) is 6.25. The highest BCUT2D eigenvalue weighted by molar-refractivity contribution is 6.58. The van der Waals surface area contributed by atoms with Crippen LogP contribution in [0.5, 0.6) is 0 Å². The van der Waals surface area contributed by atoms with E-state index in [0.29, 0.717) is 30.9 Å². The summed E-state index contributed by atoms with van der Waals surface area (Å²) in [4.78, 5) is 15.1. The van der Waals surface area contributed by atoms with E-state index in [1.54, 1.807) is 12.1 Å². The molecule has 0 radical (unpaired) electrons. The molecule has 0 aromatic heterocycles. The van der Waals surface area contributed by atoms with E-state index in [0.717, 1.165) is 42.7 Å². The minimum Gasteiger partial charge on any atom is -0.423 e. The number of hydrogen-bond donors (Lipinski definition) is 4. The van der Waals surface area contributed by atoms with Crippen LogP contribution in [0.3, 0.4) is 0 Å². The average molecular weight is 393 g/mol. The van der Waals surface area contributed by atoms with E-state index < -0.39 is 7.12 Å². The monoisotopic (exact) mass is 393 g/mol. The fraction of sp³-hybridized carbons (Fsp3) is 0.409. The lowest BCUT2D eigenvalue weighted by molar-refractivity contribution is -0.136. The van der Waals surface area contributed by atoms with Crippen LogP contribution in [0.4, 0.5) is 5.69 Å². The largest absolute Gasteiger partial charge is 0.488 e. The molecule has 0 bridgehead atoms. The maximum absolute atomic E-state index is 13.1. The SMILES string of the molecule is NCc1cccc(C2CCN(C(=O)C3CNc4cc(B(O)O)ccc4C3)CC2)c1. The van der Waals surface area contributed by atoms with Crippen LogP contribution in [0.15, 0.2) is 42.5 Å². The number of benzene rings is 2. The molecular weight excluding hydrogens is 365 g/mol. The molecule has 2 aliphatic rings. The quantitative estimate of drug-likeness (QED) is 0.577. The molecule has 6 nitrogen and oxygen atoms in total. The summed E-state index contributed by atoms with van der Waals surface area (Å²) in [6.07, 6.45) is 2.64. The molecule has 1 unspecified atom stereocenters. The smallest absolute Gasteiger partial charge is 0.423 e. The van der Waals surface area contributed by atoms with Gasteiger partial charge in [0, 0.05) is 31.9 Å². The van der Waals surface area contributed by atoms with Gasteiger partial charge < -0.3 is 26.0 Å². The molecule has 5 N–H and O–H groups in total. The molecule has 0 saturated carbocycles. The van der Waals surface area contributed by atoms with Crippen molar-refractivity contribution in [2.75, 3.05) is 25.0 Å². The van der Waals surface area contributed by atoms with Crippen molar-refractivity contribution in [3.63, 3.8) is 0 Å². The molecule has 1 saturated heterocycles. The van der Waals surface area contributed by atoms with Crippen LogP contribution >= 0.6 is 0 Å². The van der Waals surface area contributed by atoms with Gasteiger partial charge in [0.15, 0.2) is 0 Å². The number of rotatable bonds is 4. The summed E-state index contributed by atoms with van der Waals surface area (Å²) in [7, 11) is -1.48. The summed E-state index contributed by atoms with van der Waals surface area (Å²) in [5.74, 6) is 0.618. The summed E-state index contributed by atoms with van der Waals surface area (Å²) >= 11 is 0. The number of nitrogens with zero attached hydrogens (tertiary/aromatic N) is 1. The second-order valence-corrected chi connectivity index (χ2v) is 8.12. The normalized spacial score (nSPS) is 19.4. The molecule has 7 heteroatoms. The average Bonchev–Trinajstić information content (AvgIpc) is 2.78. The number of likely N-dealkylation sites (tertiary alicyclic amines) is 1. The first-order chi connectivity index (χ1) is 14.0. The zero-order chi connectivity index (χ0) is 20.4. The highest BCUT2D eigenvalue weighted by atomic mass is 16.4. The van der Waals surface area contributed by atoms with E-state index in [9.17, 15) is 14.8 Å². The lowest BCUT2D eigenvalue weighted by Gasteiger charge is -2.36. The lowest BCUT2D eigenvalue weighted by atomic mass is 9.78. The van der Waals surface area contributed by atoms with Gasteiger partial charge in [0.25, 0.3) is 0 Å². The number of amides is 1. The van der Waals surface area contributed by atoms with E-state index in [1.807, 2.05) is 11.0 Å². The van der Waals surface area contributed by atoms with Crippen molar-refractivity contribution in [2.45, 2.75) is 31.7 Å². The molecule has 4 rings (SSSR count). The Morgan fingerprint density at radius 3 is 2.69 bits per heavy atom. The number of hydrogen-bond acceptors (Lipinski definition) is 5. The van der Waals surface area contributed by atoms with Crippen LogP contribution in [-0.2, 0) is 17.8 Å². The standard InChI is InChI=1S/C22H28BN3O3/c24-13-15-2-1-3-17(10-15)16-6-8-26(9-7-16)22(27)19-11-18-4-5-20(23(28)29)12-21(18)25-14-19/h1-5,10,12,16,19,25,28-29H,6-9,11,13-14,24H2. The van der Waals surface area contributed by atoms with Crippen LogP contribution in [-0.4, -0.2) is 47.6 Å². The molecule has 0 aliphatic carbocycles. The Bertz CT molecular complexity index is 881. The Balaban J connectivity index is 1.36. The first kappa shape index (κ1) is 19.9. The molecule has 29 heavy (non-hydrogen) atoms. The Morgan fingerprint density at radius 1 is 1.17 bits per heavy atom. The van der Waals surface area contributed by atoms with Gasteiger partial charge in [0.1, 0.15) is 0 Å². The van der Waals surface area contributed by atoms with Gasteiger partial charge in [0.2, 0.25) is 5.91 Å². The summed E-state index contributed by atoms with van der Waals surface area (Å²) in [5.41, 5.74) is 10.6. The highest BCUT2D eigenvalue weighted by Gasteiger charge is 2.31. The molecule has 1 fully saturated rings. The Morgan fingerprint density at radius 2 is 1.97 bits per heavy atom. The van der Waals surface area contributed by atoms with Gasteiger partial charge in [-0.2, -0.15) is 0 Å². The van der Waals surface area contributed by atoms with Gasteiger partial charge in [-0.05, 0) is 53.4 Å². The van der Waals surface area contributed by atoms with Gasteiger partial charge in [-0.15, -0.1) is 0 Å². The molecule has 2 aromatic carbocycles. The number of fused-ring (bicyclic) bond motifs is 1. The molecule has 152 valence electrons. The first-order valence-corrected chi connectivity index (χ1v) is 10.4. The minimum atomic E-state index is -1.48. The number of piperidine rings is 1. The van der Waals surface area contributed by atoms with Crippen molar-refractivity contribution in [1.29, 1.82) is 0 Å². The number of carbonyl (C=O) groups is 1. The highest BCUT2D eigenvalue weighted by Crippen LogP contribution is 2.31. The second-order valence-electron chi connectivity index (χ2n) is 8.12. The molecule has 0 spiro atoms. The van der Waals surface area contributed by atoms with Crippen molar-refractivity contribution >= 4 is 24.2 Å². The third-order valence-electron chi connectivity index (χ3n) is 6.25. The van der Waals surface area contributed by atoms with E-state index in [1.165, 1.54) is 5.56 Å². The molecule has 2 aliphatic heterocycles. The number of carbonyl (C=O) groups excluding carboxylic acids is 1. The topological polar surface area (TPSA) is 98.8 Å².